The van der Waals surface area contributed by atoms with Gasteiger partial charge in [-0.25, -0.2) is 13.4 Å². The lowest BCUT2D eigenvalue weighted by Crippen LogP contribution is -2.41. The van der Waals surface area contributed by atoms with Gasteiger partial charge in [0.1, 0.15) is 15.5 Å². The van der Waals surface area contributed by atoms with Crippen LogP contribution in [0.15, 0.2) is 34.5 Å². The average molecular weight is 486 g/mol. The summed E-state index contributed by atoms with van der Waals surface area (Å²) in [5.74, 6) is 0.295. The predicted octanol–water partition coefficient (Wildman–Crippen LogP) is 4.45. The fourth-order valence-electron chi connectivity index (χ4n) is 3.38. The number of aromatic nitrogens is 1. The Morgan fingerprint density at radius 3 is 2.70 bits per heavy atom. The SMILES string of the molecule is CCOc1cccc2sc(NC(=O)C3CCN(S(=O)(=O)c4ccc(Cl)s4)CC3)nc12. The fraction of sp³-hybridized carbons (Fsp3) is 0.368. The number of sulfonamides is 1. The first-order valence-electron chi connectivity index (χ1n) is 9.47. The summed E-state index contributed by atoms with van der Waals surface area (Å²) in [5, 5.41) is 3.41. The van der Waals surface area contributed by atoms with E-state index in [1.807, 2.05) is 25.1 Å². The number of fused-ring (bicyclic) bond motifs is 1. The minimum Gasteiger partial charge on any atom is -0.492 e. The Bertz CT molecular complexity index is 1170. The Hall–Kier alpha value is -1.72. The highest BCUT2D eigenvalue weighted by atomic mass is 35.5. The van der Waals surface area contributed by atoms with Crippen molar-refractivity contribution in [2.45, 2.75) is 24.0 Å². The second-order valence-corrected chi connectivity index (χ2v) is 11.7. The van der Waals surface area contributed by atoms with E-state index in [0.717, 1.165) is 21.6 Å². The molecular weight excluding hydrogens is 466 g/mol. The third-order valence-corrected chi connectivity index (χ3v) is 9.41. The Balaban J connectivity index is 1.40. The molecule has 0 bridgehead atoms. The van der Waals surface area contributed by atoms with Gasteiger partial charge in [0.25, 0.3) is 10.0 Å². The van der Waals surface area contributed by atoms with Crippen molar-refractivity contribution in [1.29, 1.82) is 0 Å². The second-order valence-electron chi connectivity index (χ2n) is 6.78. The van der Waals surface area contributed by atoms with Gasteiger partial charge in [0.15, 0.2) is 5.13 Å². The third kappa shape index (κ3) is 4.33. The predicted molar refractivity (Wildman–Crippen MR) is 120 cm³/mol. The molecule has 0 saturated carbocycles. The van der Waals surface area contributed by atoms with Crippen molar-refractivity contribution in [2.24, 2.45) is 5.92 Å². The van der Waals surface area contributed by atoms with E-state index in [-0.39, 0.29) is 16.0 Å². The van der Waals surface area contributed by atoms with Gasteiger partial charge in [0, 0.05) is 19.0 Å². The summed E-state index contributed by atoms with van der Waals surface area (Å²) in [4.78, 5) is 17.2. The van der Waals surface area contributed by atoms with E-state index in [0.29, 0.717) is 47.8 Å². The normalized spacial score (nSPS) is 16.1. The molecule has 0 atom stereocenters. The number of amides is 1. The smallest absolute Gasteiger partial charge is 0.252 e. The van der Waals surface area contributed by atoms with Gasteiger partial charge in [-0.2, -0.15) is 4.31 Å². The van der Waals surface area contributed by atoms with Crippen LogP contribution < -0.4 is 10.1 Å². The number of para-hydroxylation sites is 1. The standard InChI is InChI=1S/C19H20ClN3O4S3/c1-2-27-13-4-3-5-14-17(13)21-19(28-14)22-18(24)12-8-10-23(11-9-12)30(25,26)16-7-6-15(20)29-16/h3-7,12H,2,8-11H2,1H3,(H,21,22,24). The molecule has 1 aliphatic rings. The summed E-state index contributed by atoms with van der Waals surface area (Å²) in [7, 11) is -3.57. The molecule has 4 rings (SSSR count). The van der Waals surface area contributed by atoms with Crippen LogP contribution in [0.4, 0.5) is 5.13 Å². The number of hydrogen-bond acceptors (Lipinski definition) is 7. The molecule has 160 valence electrons. The van der Waals surface area contributed by atoms with Crippen LogP contribution in [0.25, 0.3) is 10.2 Å². The molecule has 0 radical (unpaired) electrons. The lowest BCUT2D eigenvalue weighted by atomic mass is 9.97. The number of ether oxygens (including phenoxy) is 1. The Morgan fingerprint density at radius 2 is 2.03 bits per heavy atom. The van der Waals surface area contributed by atoms with Gasteiger partial charge in [-0.1, -0.05) is 29.0 Å². The molecule has 2 aromatic heterocycles. The van der Waals surface area contributed by atoms with Gasteiger partial charge >= 0.3 is 0 Å². The van der Waals surface area contributed by atoms with Crippen molar-refractivity contribution in [3.63, 3.8) is 0 Å². The molecule has 1 amide bonds. The van der Waals surface area contributed by atoms with Crippen molar-refractivity contribution in [1.82, 2.24) is 9.29 Å². The van der Waals surface area contributed by atoms with E-state index in [2.05, 4.69) is 10.3 Å². The summed E-state index contributed by atoms with van der Waals surface area (Å²) < 4.78 is 34.0. The quantitative estimate of drug-likeness (QED) is 0.557. The molecule has 7 nitrogen and oxygen atoms in total. The lowest BCUT2D eigenvalue weighted by Gasteiger charge is -2.29. The number of thiazole rings is 1. The number of piperidine rings is 1. The largest absolute Gasteiger partial charge is 0.492 e. The molecule has 1 N–H and O–H groups in total. The van der Waals surface area contributed by atoms with Crippen molar-refractivity contribution in [2.75, 3.05) is 25.0 Å². The number of hydrogen-bond donors (Lipinski definition) is 1. The van der Waals surface area contributed by atoms with Crippen molar-refractivity contribution >= 4 is 65.6 Å². The maximum atomic E-state index is 12.7. The number of rotatable bonds is 6. The number of halogens is 1. The van der Waals surface area contributed by atoms with Crippen LogP contribution in [0, 0.1) is 5.92 Å². The van der Waals surface area contributed by atoms with Crippen LogP contribution in [0.3, 0.4) is 0 Å². The Morgan fingerprint density at radius 1 is 1.27 bits per heavy atom. The molecule has 1 aromatic carbocycles. The summed E-state index contributed by atoms with van der Waals surface area (Å²) >= 11 is 8.31. The second kappa shape index (κ2) is 8.80. The highest BCUT2D eigenvalue weighted by Crippen LogP contribution is 2.34. The van der Waals surface area contributed by atoms with Gasteiger partial charge < -0.3 is 10.1 Å². The first-order valence-corrected chi connectivity index (χ1v) is 12.9. The number of carbonyl (C=O) groups excluding carboxylic acids is 1. The first-order chi connectivity index (χ1) is 14.4. The Kier molecular flexibility index (Phi) is 6.31. The zero-order chi connectivity index (χ0) is 21.3. The molecule has 0 aliphatic carbocycles. The van der Waals surface area contributed by atoms with Crippen molar-refractivity contribution in [3.8, 4) is 5.75 Å². The van der Waals surface area contributed by atoms with Crippen molar-refractivity contribution < 1.29 is 17.9 Å². The van der Waals surface area contributed by atoms with E-state index >= 15 is 0 Å². The summed E-state index contributed by atoms with van der Waals surface area (Å²) in [5.41, 5.74) is 0.732. The highest BCUT2D eigenvalue weighted by Gasteiger charge is 2.33. The van der Waals surface area contributed by atoms with Gasteiger partial charge in [-0.3, -0.25) is 4.79 Å². The Labute approximate surface area is 187 Å². The molecule has 3 heterocycles. The molecule has 30 heavy (non-hydrogen) atoms. The average Bonchev–Trinajstić information content (AvgIpc) is 3.35. The number of nitrogens with one attached hydrogen (secondary N) is 1. The first kappa shape index (κ1) is 21.5. The molecule has 11 heteroatoms. The highest BCUT2D eigenvalue weighted by molar-refractivity contribution is 7.91. The minimum atomic E-state index is -3.57. The summed E-state index contributed by atoms with van der Waals surface area (Å²) in [6.07, 6.45) is 0.915. The monoisotopic (exact) mass is 485 g/mol. The van der Waals surface area contributed by atoms with Crippen LogP contribution in [0.1, 0.15) is 19.8 Å². The lowest BCUT2D eigenvalue weighted by molar-refractivity contribution is -0.120. The van der Waals surface area contributed by atoms with E-state index in [1.54, 1.807) is 6.07 Å². The van der Waals surface area contributed by atoms with Crippen LogP contribution in [-0.4, -0.2) is 43.3 Å². The topological polar surface area (TPSA) is 88.6 Å². The van der Waals surface area contributed by atoms with Gasteiger partial charge in [0.05, 0.1) is 15.6 Å². The zero-order valence-electron chi connectivity index (χ0n) is 16.1. The van der Waals surface area contributed by atoms with Gasteiger partial charge in [-0.05, 0) is 44.0 Å². The molecule has 1 saturated heterocycles. The third-order valence-electron chi connectivity index (χ3n) is 4.88. The van der Waals surface area contributed by atoms with E-state index in [1.165, 1.54) is 21.7 Å². The molecule has 0 spiro atoms. The zero-order valence-corrected chi connectivity index (χ0v) is 19.3. The van der Waals surface area contributed by atoms with Gasteiger partial charge in [0.2, 0.25) is 5.91 Å². The van der Waals surface area contributed by atoms with E-state index in [9.17, 15) is 13.2 Å². The fourth-order valence-corrected chi connectivity index (χ4v) is 7.37. The minimum absolute atomic E-state index is 0.136. The van der Waals surface area contributed by atoms with Crippen LogP contribution in [-0.2, 0) is 14.8 Å². The molecular formula is C19H20ClN3O4S3. The number of benzene rings is 1. The molecule has 3 aromatic rings. The summed E-state index contributed by atoms with van der Waals surface area (Å²) in [6.45, 7) is 3.04. The van der Waals surface area contributed by atoms with E-state index < -0.39 is 10.0 Å². The summed E-state index contributed by atoms with van der Waals surface area (Å²) in [6, 6.07) is 8.78. The maximum Gasteiger partial charge on any atom is 0.252 e. The number of nitrogens with zero attached hydrogens (tertiary/aromatic N) is 2. The van der Waals surface area contributed by atoms with Crippen LogP contribution >= 0.6 is 34.3 Å². The molecule has 1 fully saturated rings. The molecule has 0 unspecified atom stereocenters. The van der Waals surface area contributed by atoms with Crippen molar-refractivity contribution in [3.05, 3.63) is 34.7 Å². The van der Waals surface area contributed by atoms with E-state index in [4.69, 9.17) is 16.3 Å². The molecule has 1 aliphatic heterocycles. The number of thiophene rings is 1. The van der Waals surface area contributed by atoms with Crippen LogP contribution in [0.2, 0.25) is 4.34 Å². The van der Waals surface area contributed by atoms with Crippen LogP contribution in [0.5, 0.6) is 5.75 Å². The van der Waals surface area contributed by atoms with Gasteiger partial charge in [-0.15, -0.1) is 11.3 Å². The number of anilines is 1. The maximum absolute atomic E-state index is 12.7. The number of carbonyl (C=O) groups is 1.